The molecule has 1 rings (SSSR count). The van der Waals surface area contributed by atoms with Gasteiger partial charge in [-0.3, -0.25) is 0 Å². The summed E-state index contributed by atoms with van der Waals surface area (Å²) in [5, 5.41) is 4.40. The molecular weight excluding hydrogens is 124 g/mol. The summed E-state index contributed by atoms with van der Waals surface area (Å²) in [7, 11) is 4.29. The summed E-state index contributed by atoms with van der Waals surface area (Å²) in [5.41, 5.74) is 0. The van der Waals surface area contributed by atoms with Gasteiger partial charge in [-0.2, -0.15) is 0 Å². The van der Waals surface area contributed by atoms with Gasteiger partial charge in [-0.25, -0.2) is 5.32 Å². The van der Waals surface area contributed by atoms with Crippen LogP contribution in [0, 0.1) is 5.92 Å². The average molecular weight is 141 g/mol. The monoisotopic (exact) mass is 141 g/mol. The molecule has 0 bridgehead atoms. The minimum Gasteiger partial charge on any atom is -0.305 e. The van der Waals surface area contributed by atoms with Gasteiger partial charge in [0, 0.05) is 19.1 Å². The van der Waals surface area contributed by atoms with Crippen molar-refractivity contribution in [1.29, 1.82) is 0 Å². The molecule has 2 nitrogen and oxygen atoms in total. The number of hydrogen-bond acceptors (Lipinski definition) is 1. The summed E-state index contributed by atoms with van der Waals surface area (Å²) in [6, 6.07) is 0.713. The van der Waals surface area contributed by atoms with Crippen LogP contribution in [0.15, 0.2) is 0 Å². The van der Waals surface area contributed by atoms with E-state index in [1.54, 1.807) is 0 Å². The summed E-state index contributed by atoms with van der Waals surface area (Å²) in [5.74, 6) is 0.815. The van der Waals surface area contributed by atoms with Crippen LogP contribution in [0.4, 0.5) is 0 Å². The number of nitrogens with zero attached hydrogens (tertiary/aromatic N) is 2. The van der Waals surface area contributed by atoms with E-state index in [1.165, 1.54) is 6.42 Å². The summed E-state index contributed by atoms with van der Waals surface area (Å²) in [6.45, 7) is 4.38. The molecular formula is C8H17N2. The van der Waals surface area contributed by atoms with Crippen molar-refractivity contribution in [2.24, 2.45) is 5.92 Å². The zero-order chi connectivity index (χ0) is 7.56. The largest absolute Gasteiger partial charge is 0.305 e. The molecule has 0 aromatic heterocycles. The molecule has 0 amide bonds. The maximum atomic E-state index is 4.40. The Labute approximate surface area is 63.6 Å². The van der Waals surface area contributed by atoms with Gasteiger partial charge in [0.05, 0.1) is 0 Å². The van der Waals surface area contributed by atoms with Gasteiger partial charge in [0.25, 0.3) is 0 Å². The van der Waals surface area contributed by atoms with Crippen LogP contribution in [0.25, 0.3) is 0 Å². The Hall–Kier alpha value is -0.0800. The summed E-state index contributed by atoms with van der Waals surface area (Å²) in [6.07, 6.45) is 1.27. The van der Waals surface area contributed by atoms with Crippen molar-refractivity contribution < 1.29 is 0 Å². The molecule has 1 aliphatic heterocycles. The molecule has 0 saturated carbocycles. The highest BCUT2D eigenvalue weighted by Crippen LogP contribution is 2.17. The lowest BCUT2D eigenvalue weighted by molar-refractivity contribution is 0.250. The van der Waals surface area contributed by atoms with E-state index < -0.39 is 0 Å². The zero-order valence-corrected chi connectivity index (χ0v) is 7.17. The maximum Gasteiger partial charge on any atom is 0.0292 e. The maximum absolute atomic E-state index is 4.40. The van der Waals surface area contributed by atoms with Crippen molar-refractivity contribution in [2.45, 2.75) is 19.4 Å². The number of likely N-dealkylation sites (N-methyl/N-ethyl adjacent to an activating group) is 1. The second kappa shape index (κ2) is 3.35. The van der Waals surface area contributed by atoms with Crippen molar-refractivity contribution in [1.82, 2.24) is 10.2 Å². The van der Waals surface area contributed by atoms with E-state index in [1.807, 2.05) is 0 Å². The van der Waals surface area contributed by atoms with Crippen LogP contribution in [-0.2, 0) is 0 Å². The molecule has 0 spiro atoms. The highest BCUT2D eigenvalue weighted by atomic mass is 15.2. The molecule has 1 radical (unpaired) electrons. The fourth-order valence-electron chi connectivity index (χ4n) is 1.63. The van der Waals surface area contributed by atoms with E-state index in [4.69, 9.17) is 0 Å². The molecule has 0 aliphatic carbocycles. The van der Waals surface area contributed by atoms with Crippen LogP contribution in [0.1, 0.15) is 13.3 Å². The van der Waals surface area contributed by atoms with Crippen LogP contribution >= 0.6 is 0 Å². The first kappa shape index (κ1) is 8.02. The Morgan fingerprint density at radius 3 is 2.50 bits per heavy atom. The predicted octanol–water partition coefficient (Wildman–Crippen LogP) is 0.561. The Morgan fingerprint density at radius 1 is 1.40 bits per heavy atom. The Bertz CT molecular complexity index is 101. The fraction of sp³-hybridized carbons (Fsp3) is 1.00. The lowest BCUT2D eigenvalue weighted by atomic mass is 10.0. The third kappa shape index (κ3) is 1.50. The first-order chi connectivity index (χ1) is 4.75. The molecule has 0 aromatic rings. The van der Waals surface area contributed by atoms with Gasteiger partial charge in [0.2, 0.25) is 0 Å². The van der Waals surface area contributed by atoms with E-state index in [0.29, 0.717) is 6.04 Å². The normalized spacial score (nSPS) is 33.6. The van der Waals surface area contributed by atoms with Crippen LogP contribution < -0.4 is 5.32 Å². The molecule has 1 aliphatic rings. The van der Waals surface area contributed by atoms with Crippen LogP contribution in [-0.4, -0.2) is 38.1 Å². The van der Waals surface area contributed by atoms with Gasteiger partial charge in [0.15, 0.2) is 0 Å². The molecule has 2 heteroatoms. The Morgan fingerprint density at radius 2 is 2.10 bits per heavy atom. The van der Waals surface area contributed by atoms with Gasteiger partial charge < -0.3 is 4.90 Å². The fourth-order valence-corrected chi connectivity index (χ4v) is 1.63. The molecule has 1 saturated heterocycles. The minimum absolute atomic E-state index is 0.713. The van der Waals surface area contributed by atoms with Crippen LogP contribution in [0.2, 0.25) is 0 Å². The van der Waals surface area contributed by atoms with Crippen molar-refractivity contribution >= 4 is 0 Å². The van der Waals surface area contributed by atoms with Crippen molar-refractivity contribution in [2.75, 3.05) is 27.2 Å². The number of hydrogen-bond donors (Lipinski definition) is 0. The molecule has 0 N–H and O–H groups in total. The van der Waals surface area contributed by atoms with Gasteiger partial charge in [0.1, 0.15) is 0 Å². The van der Waals surface area contributed by atoms with E-state index >= 15 is 0 Å². The smallest absolute Gasteiger partial charge is 0.0292 e. The van der Waals surface area contributed by atoms with Gasteiger partial charge in [-0.05, 0) is 20.0 Å². The SMILES string of the molecule is CCC1C[N]CC1N(C)C. The van der Waals surface area contributed by atoms with E-state index in [2.05, 4.69) is 31.2 Å². The quantitative estimate of drug-likeness (QED) is 0.549. The van der Waals surface area contributed by atoms with Gasteiger partial charge in [-0.15, -0.1) is 0 Å². The molecule has 1 fully saturated rings. The lowest BCUT2D eigenvalue weighted by Crippen LogP contribution is -2.34. The van der Waals surface area contributed by atoms with E-state index in [-0.39, 0.29) is 0 Å². The van der Waals surface area contributed by atoms with Crippen LogP contribution in [0.5, 0.6) is 0 Å². The second-order valence-electron chi connectivity index (χ2n) is 3.29. The average Bonchev–Trinajstić information content (AvgIpc) is 2.33. The molecule has 59 valence electrons. The van der Waals surface area contributed by atoms with E-state index in [9.17, 15) is 0 Å². The predicted molar refractivity (Wildman–Crippen MR) is 43.1 cm³/mol. The van der Waals surface area contributed by atoms with Gasteiger partial charge >= 0.3 is 0 Å². The second-order valence-corrected chi connectivity index (χ2v) is 3.29. The Balaban J connectivity index is 2.42. The van der Waals surface area contributed by atoms with Crippen molar-refractivity contribution in [3.8, 4) is 0 Å². The number of rotatable bonds is 2. The topological polar surface area (TPSA) is 17.3 Å². The lowest BCUT2D eigenvalue weighted by Gasteiger charge is -2.23. The minimum atomic E-state index is 0.713. The third-order valence-electron chi connectivity index (χ3n) is 2.41. The molecule has 1 heterocycles. The highest BCUT2D eigenvalue weighted by molar-refractivity contribution is 4.84. The summed E-state index contributed by atoms with van der Waals surface area (Å²) < 4.78 is 0. The third-order valence-corrected chi connectivity index (χ3v) is 2.41. The zero-order valence-electron chi connectivity index (χ0n) is 7.17. The standard InChI is InChI=1S/C8H17N2/c1-4-7-5-9-6-8(7)10(2)3/h7-8H,4-6H2,1-3H3. The van der Waals surface area contributed by atoms with Crippen molar-refractivity contribution in [3.63, 3.8) is 0 Å². The molecule has 0 aromatic carbocycles. The summed E-state index contributed by atoms with van der Waals surface area (Å²) >= 11 is 0. The first-order valence-corrected chi connectivity index (χ1v) is 4.05. The molecule has 2 unspecified atom stereocenters. The molecule has 10 heavy (non-hydrogen) atoms. The Kier molecular flexibility index (Phi) is 2.69. The highest BCUT2D eigenvalue weighted by Gasteiger charge is 2.27. The first-order valence-electron chi connectivity index (χ1n) is 4.05. The summed E-state index contributed by atoms with van der Waals surface area (Å²) in [4.78, 5) is 2.30. The van der Waals surface area contributed by atoms with E-state index in [0.717, 1.165) is 19.0 Å². The van der Waals surface area contributed by atoms with Crippen molar-refractivity contribution in [3.05, 3.63) is 0 Å². The van der Waals surface area contributed by atoms with Gasteiger partial charge in [-0.1, -0.05) is 13.3 Å². The molecule has 2 atom stereocenters. The van der Waals surface area contributed by atoms with Crippen LogP contribution in [0.3, 0.4) is 0 Å².